The van der Waals surface area contributed by atoms with E-state index in [2.05, 4.69) is 52.1 Å². The first kappa shape index (κ1) is 16.5. The van der Waals surface area contributed by atoms with Crippen LogP contribution in [-0.4, -0.2) is 12.1 Å². The van der Waals surface area contributed by atoms with Crippen LogP contribution in [0.25, 0.3) is 0 Å². The van der Waals surface area contributed by atoms with Gasteiger partial charge in [0, 0.05) is 23.0 Å². The molecule has 19 heavy (non-hydrogen) atoms. The molecule has 0 heterocycles. The third-order valence-electron chi connectivity index (χ3n) is 3.59. The van der Waals surface area contributed by atoms with Crippen molar-refractivity contribution in [3.05, 3.63) is 34.9 Å². The van der Waals surface area contributed by atoms with E-state index in [-0.39, 0.29) is 5.54 Å². The highest BCUT2D eigenvalue weighted by atomic mass is 35.5. The lowest BCUT2D eigenvalue weighted by atomic mass is 9.84. The maximum Gasteiger partial charge on any atom is 0.0441 e. The average Bonchev–Trinajstić information content (AvgIpc) is 2.30. The molecule has 1 nitrogen and oxygen atoms in total. The maximum atomic E-state index is 6.39. The van der Waals surface area contributed by atoms with Gasteiger partial charge >= 0.3 is 0 Å². The summed E-state index contributed by atoms with van der Waals surface area (Å²) in [5.74, 6) is 1.12. The Balaban J connectivity index is 2.89. The lowest BCUT2D eigenvalue weighted by molar-refractivity contribution is 0.348. The molecule has 2 atom stereocenters. The molecule has 108 valence electrons. The highest BCUT2D eigenvalue weighted by molar-refractivity contribution is 6.31. The maximum absolute atomic E-state index is 6.39. The highest BCUT2D eigenvalue weighted by Crippen LogP contribution is 2.32. The van der Waals surface area contributed by atoms with Gasteiger partial charge in [-0.3, -0.25) is 0 Å². The molecule has 2 unspecified atom stereocenters. The Morgan fingerprint density at radius 1 is 1.21 bits per heavy atom. The Morgan fingerprint density at radius 3 is 2.37 bits per heavy atom. The quantitative estimate of drug-likeness (QED) is 0.751. The van der Waals surface area contributed by atoms with Gasteiger partial charge in [-0.15, -0.1) is 0 Å². The number of hydrogen-bond acceptors (Lipinski definition) is 1. The first-order chi connectivity index (χ1) is 8.85. The number of benzene rings is 1. The third kappa shape index (κ3) is 5.54. The minimum absolute atomic E-state index is 0.144. The minimum atomic E-state index is 0.144. The Labute approximate surface area is 123 Å². The van der Waals surface area contributed by atoms with E-state index in [0.717, 1.165) is 11.6 Å². The van der Waals surface area contributed by atoms with Crippen LogP contribution in [0.15, 0.2) is 24.3 Å². The Kier molecular flexibility index (Phi) is 6.35. The van der Waals surface area contributed by atoms with Gasteiger partial charge in [0.15, 0.2) is 0 Å². The van der Waals surface area contributed by atoms with E-state index < -0.39 is 0 Å². The topological polar surface area (TPSA) is 12.0 Å². The zero-order chi connectivity index (χ0) is 14.5. The molecule has 0 aliphatic carbocycles. The molecule has 0 saturated carbocycles. The van der Waals surface area contributed by atoms with Crippen molar-refractivity contribution in [1.82, 2.24) is 5.32 Å². The first-order valence-corrected chi connectivity index (χ1v) is 7.72. The van der Waals surface area contributed by atoms with E-state index in [4.69, 9.17) is 11.6 Å². The summed E-state index contributed by atoms with van der Waals surface area (Å²) in [4.78, 5) is 0. The van der Waals surface area contributed by atoms with Gasteiger partial charge in [-0.25, -0.2) is 0 Å². The average molecular weight is 282 g/mol. The van der Waals surface area contributed by atoms with Crippen molar-refractivity contribution in [3.63, 3.8) is 0 Å². The van der Waals surface area contributed by atoms with E-state index >= 15 is 0 Å². The smallest absolute Gasteiger partial charge is 0.0441 e. The monoisotopic (exact) mass is 281 g/mol. The summed E-state index contributed by atoms with van der Waals surface area (Å²) in [6.45, 7) is 12.2. The van der Waals surface area contributed by atoms with Gasteiger partial charge in [0.1, 0.15) is 0 Å². The van der Waals surface area contributed by atoms with Crippen molar-refractivity contribution >= 4 is 11.6 Å². The van der Waals surface area contributed by atoms with Gasteiger partial charge in [0.25, 0.3) is 0 Å². The summed E-state index contributed by atoms with van der Waals surface area (Å²) in [7, 11) is 0. The standard InChI is InChI=1S/C17H28ClN/c1-6-9-13(2)15(12-19-17(3,4)5)14-10-7-8-11-16(14)18/h7-8,10-11,13,15,19H,6,9,12H2,1-5H3. The van der Waals surface area contributed by atoms with Crippen molar-refractivity contribution in [1.29, 1.82) is 0 Å². The fourth-order valence-electron chi connectivity index (χ4n) is 2.47. The Hall–Kier alpha value is -0.530. The van der Waals surface area contributed by atoms with E-state index in [1.807, 2.05) is 12.1 Å². The third-order valence-corrected chi connectivity index (χ3v) is 3.93. The Bertz CT molecular complexity index is 381. The summed E-state index contributed by atoms with van der Waals surface area (Å²) in [5, 5.41) is 4.52. The molecule has 2 heteroatoms. The summed E-state index contributed by atoms with van der Waals surface area (Å²) in [6.07, 6.45) is 2.46. The van der Waals surface area contributed by atoms with Crippen molar-refractivity contribution in [2.45, 2.75) is 58.9 Å². The van der Waals surface area contributed by atoms with Crippen molar-refractivity contribution in [2.75, 3.05) is 6.54 Å². The molecule has 0 amide bonds. The molecule has 1 aromatic carbocycles. The van der Waals surface area contributed by atoms with E-state index in [1.54, 1.807) is 0 Å². The molecule has 0 aliphatic heterocycles. The number of hydrogen-bond donors (Lipinski definition) is 1. The zero-order valence-electron chi connectivity index (χ0n) is 13.0. The van der Waals surface area contributed by atoms with E-state index in [0.29, 0.717) is 11.8 Å². The van der Waals surface area contributed by atoms with Crippen LogP contribution in [-0.2, 0) is 0 Å². The molecule has 0 fully saturated rings. The number of halogens is 1. The molecular weight excluding hydrogens is 254 g/mol. The molecule has 0 aliphatic rings. The lowest BCUT2D eigenvalue weighted by Gasteiger charge is -2.30. The molecule has 0 spiro atoms. The van der Waals surface area contributed by atoms with Gasteiger partial charge in [0.05, 0.1) is 0 Å². The molecule has 1 N–H and O–H groups in total. The molecule has 0 bridgehead atoms. The normalized spacial score (nSPS) is 15.3. The molecule has 0 radical (unpaired) electrons. The SMILES string of the molecule is CCCC(C)C(CNC(C)(C)C)c1ccccc1Cl. The number of nitrogens with one attached hydrogen (secondary N) is 1. The van der Waals surface area contributed by atoms with Crippen LogP contribution in [0.3, 0.4) is 0 Å². The van der Waals surface area contributed by atoms with Gasteiger partial charge in [-0.2, -0.15) is 0 Å². The van der Waals surface area contributed by atoms with Crippen LogP contribution in [0.4, 0.5) is 0 Å². The van der Waals surface area contributed by atoms with Crippen molar-refractivity contribution in [2.24, 2.45) is 5.92 Å². The van der Waals surface area contributed by atoms with Crippen LogP contribution in [0, 0.1) is 5.92 Å². The van der Waals surface area contributed by atoms with Crippen LogP contribution in [0.2, 0.25) is 5.02 Å². The summed E-state index contributed by atoms with van der Waals surface area (Å²) >= 11 is 6.39. The lowest BCUT2D eigenvalue weighted by Crippen LogP contribution is -2.39. The largest absolute Gasteiger partial charge is 0.311 e. The van der Waals surface area contributed by atoms with Gasteiger partial charge in [0.2, 0.25) is 0 Å². The van der Waals surface area contributed by atoms with Crippen LogP contribution in [0.1, 0.15) is 58.9 Å². The van der Waals surface area contributed by atoms with E-state index in [1.165, 1.54) is 18.4 Å². The zero-order valence-corrected chi connectivity index (χ0v) is 13.7. The van der Waals surface area contributed by atoms with Crippen molar-refractivity contribution in [3.8, 4) is 0 Å². The Morgan fingerprint density at radius 2 is 1.84 bits per heavy atom. The van der Waals surface area contributed by atoms with Gasteiger partial charge in [-0.05, 0) is 38.3 Å². The molecular formula is C17H28ClN. The van der Waals surface area contributed by atoms with Crippen LogP contribution < -0.4 is 5.32 Å². The van der Waals surface area contributed by atoms with Crippen molar-refractivity contribution < 1.29 is 0 Å². The van der Waals surface area contributed by atoms with Crippen LogP contribution >= 0.6 is 11.6 Å². The van der Waals surface area contributed by atoms with Gasteiger partial charge < -0.3 is 5.32 Å². The second kappa shape index (κ2) is 7.31. The second-order valence-corrected chi connectivity index (χ2v) is 6.93. The first-order valence-electron chi connectivity index (χ1n) is 7.34. The summed E-state index contributed by atoms with van der Waals surface area (Å²) in [6, 6.07) is 8.26. The molecule has 1 rings (SSSR count). The highest BCUT2D eigenvalue weighted by Gasteiger charge is 2.22. The number of rotatable bonds is 6. The molecule has 1 aromatic rings. The summed E-state index contributed by atoms with van der Waals surface area (Å²) in [5.41, 5.74) is 1.42. The summed E-state index contributed by atoms with van der Waals surface area (Å²) < 4.78 is 0. The predicted octanol–water partition coefficient (Wildman–Crippen LogP) is 5.25. The molecule has 0 aromatic heterocycles. The van der Waals surface area contributed by atoms with Crippen LogP contribution in [0.5, 0.6) is 0 Å². The fourth-order valence-corrected chi connectivity index (χ4v) is 2.74. The molecule has 0 saturated heterocycles. The second-order valence-electron chi connectivity index (χ2n) is 6.52. The van der Waals surface area contributed by atoms with E-state index in [9.17, 15) is 0 Å². The van der Waals surface area contributed by atoms with Gasteiger partial charge in [-0.1, -0.05) is 56.5 Å². The minimum Gasteiger partial charge on any atom is -0.311 e. The predicted molar refractivity (Wildman–Crippen MR) is 86.0 cm³/mol. The fraction of sp³-hybridized carbons (Fsp3) is 0.647.